The maximum atomic E-state index is 9.67. The van der Waals surface area contributed by atoms with E-state index in [9.17, 15) is 5.26 Å². The number of nitriles is 1. The molecule has 1 aliphatic carbocycles. The van der Waals surface area contributed by atoms with Crippen LogP contribution in [0.4, 0.5) is 11.6 Å². The molecule has 0 radical (unpaired) electrons. The number of hydrogen-bond acceptors (Lipinski definition) is 13. The summed E-state index contributed by atoms with van der Waals surface area (Å²) >= 11 is 0. The summed E-state index contributed by atoms with van der Waals surface area (Å²) in [6.07, 6.45) is 12.9. The Morgan fingerprint density at radius 3 is 2.55 bits per heavy atom. The molecule has 2 fully saturated rings. The van der Waals surface area contributed by atoms with E-state index in [0.29, 0.717) is 41.4 Å². The average Bonchev–Trinajstić information content (AvgIpc) is 3.90. The van der Waals surface area contributed by atoms with Crippen molar-refractivity contribution in [3.63, 3.8) is 0 Å². The number of rotatable bonds is 12. The first-order valence-electron chi connectivity index (χ1n) is 16.5. The second-order valence-electron chi connectivity index (χ2n) is 12.4. The summed E-state index contributed by atoms with van der Waals surface area (Å²) in [4.78, 5) is 11.8. The van der Waals surface area contributed by atoms with E-state index < -0.39 is 0 Å². The van der Waals surface area contributed by atoms with Crippen LogP contribution in [0.15, 0.2) is 55.4 Å². The molecule has 1 N–H and O–H groups in total. The van der Waals surface area contributed by atoms with Gasteiger partial charge in [0.1, 0.15) is 36.5 Å². The van der Waals surface area contributed by atoms with Gasteiger partial charge in [0.2, 0.25) is 5.95 Å². The molecule has 0 amide bonds. The van der Waals surface area contributed by atoms with Crippen LogP contribution in [0.3, 0.4) is 0 Å². The molecule has 4 aromatic heterocycles. The molecule has 16 heteroatoms. The fourth-order valence-corrected chi connectivity index (χ4v) is 6.40. The molecule has 5 aromatic rings. The van der Waals surface area contributed by atoms with E-state index in [1.165, 1.54) is 6.33 Å². The Bertz CT molecular complexity index is 1850. The number of anilines is 2. The first kappa shape index (κ1) is 32.2. The van der Waals surface area contributed by atoms with Gasteiger partial charge in [-0.1, -0.05) is 6.07 Å². The topological polar surface area (TPSA) is 172 Å². The number of hydrogen-bond donors (Lipinski definition) is 1. The molecule has 1 aliphatic heterocycles. The van der Waals surface area contributed by atoms with Crippen molar-refractivity contribution in [1.29, 1.82) is 5.26 Å². The molecule has 254 valence electrons. The van der Waals surface area contributed by atoms with Gasteiger partial charge in [-0.15, -0.1) is 10.2 Å². The van der Waals surface area contributed by atoms with Crippen LogP contribution >= 0.6 is 0 Å². The van der Waals surface area contributed by atoms with E-state index in [1.54, 1.807) is 27.8 Å². The van der Waals surface area contributed by atoms with E-state index >= 15 is 0 Å². The van der Waals surface area contributed by atoms with Gasteiger partial charge in [0.25, 0.3) is 5.88 Å². The van der Waals surface area contributed by atoms with Gasteiger partial charge < -0.3 is 19.5 Å². The quantitative estimate of drug-likeness (QED) is 0.205. The lowest BCUT2D eigenvalue weighted by molar-refractivity contribution is 0.00502. The van der Waals surface area contributed by atoms with E-state index in [2.05, 4.69) is 46.9 Å². The average molecular weight is 666 g/mol. The van der Waals surface area contributed by atoms with E-state index in [-0.39, 0.29) is 18.8 Å². The van der Waals surface area contributed by atoms with Crippen molar-refractivity contribution < 1.29 is 14.2 Å². The van der Waals surface area contributed by atoms with Crippen molar-refractivity contribution in [3.8, 4) is 28.8 Å². The zero-order valence-corrected chi connectivity index (χ0v) is 27.6. The van der Waals surface area contributed by atoms with Gasteiger partial charge in [-0.3, -0.25) is 14.3 Å². The van der Waals surface area contributed by atoms with E-state index in [0.717, 1.165) is 68.8 Å². The van der Waals surface area contributed by atoms with Gasteiger partial charge in [-0.25, -0.2) is 14.6 Å². The number of aryl methyl sites for hydroxylation is 1. The van der Waals surface area contributed by atoms with Crippen molar-refractivity contribution in [2.75, 3.05) is 31.6 Å². The fourth-order valence-electron chi connectivity index (χ4n) is 6.40. The minimum Gasteiger partial charge on any atom is -0.487 e. The van der Waals surface area contributed by atoms with Crippen LogP contribution in [0.5, 0.6) is 11.6 Å². The van der Waals surface area contributed by atoms with Crippen LogP contribution in [0.1, 0.15) is 49.9 Å². The predicted molar refractivity (Wildman–Crippen MR) is 177 cm³/mol. The van der Waals surface area contributed by atoms with E-state index in [4.69, 9.17) is 19.3 Å². The summed E-state index contributed by atoms with van der Waals surface area (Å²) in [5.74, 6) is 1.34. The maximum absolute atomic E-state index is 9.67. The van der Waals surface area contributed by atoms with Crippen LogP contribution in [0, 0.1) is 11.3 Å². The van der Waals surface area contributed by atoms with Crippen LogP contribution in [-0.2, 0) is 24.9 Å². The number of nitrogens with zero attached hydrogens (tertiary/aromatic N) is 12. The number of benzene rings is 1. The molecule has 49 heavy (non-hydrogen) atoms. The lowest BCUT2D eigenvalue weighted by Crippen LogP contribution is -2.45. The summed E-state index contributed by atoms with van der Waals surface area (Å²) in [6, 6.07) is 10.4. The molecule has 16 nitrogen and oxygen atoms in total. The van der Waals surface area contributed by atoms with Gasteiger partial charge in [0, 0.05) is 50.3 Å². The van der Waals surface area contributed by atoms with E-state index in [1.807, 2.05) is 49.2 Å². The number of morpholine rings is 1. The van der Waals surface area contributed by atoms with Crippen molar-refractivity contribution in [2.45, 2.75) is 63.9 Å². The molecule has 1 saturated carbocycles. The second-order valence-corrected chi connectivity index (χ2v) is 12.4. The van der Waals surface area contributed by atoms with Crippen LogP contribution in [0.25, 0.3) is 11.1 Å². The molecule has 5 heterocycles. The molecule has 0 bridgehead atoms. The maximum Gasteiger partial charge on any atom is 0.257 e. The molecule has 7 rings (SSSR count). The number of nitrogens with one attached hydrogen (secondary N) is 1. The van der Waals surface area contributed by atoms with Crippen molar-refractivity contribution in [3.05, 3.63) is 66.6 Å². The summed E-state index contributed by atoms with van der Waals surface area (Å²) in [5, 5.41) is 33.5. The third kappa shape index (κ3) is 7.85. The molecule has 0 spiro atoms. The van der Waals surface area contributed by atoms with Crippen LogP contribution < -0.4 is 14.8 Å². The van der Waals surface area contributed by atoms with Gasteiger partial charge in [0.15, 0.2) is 0 Å². The van der Waals surface area contributed by atoms with Gasteiger partial charge in [-0.05, 0) is 66.8 Å². The van der Waals surface area contributed by atoms with Crippen molar-refractivity contribution >= 4 is 11.6 Å². The monoisotopic (exact) mass is 665 g/mol. The lowest BCUT2D eigenvalue weighted by Gasteiger charge is -2.38. The smallest absolute Gasteiger partial charge is 0.257 e. The SMILES string of the molecule is CC(Cn1cnnn1)Oc1cc(-c2cnc(Nc3cn(C4CCC(N5CCOCC5)CC4)nc3OCc3ccn(C)n3)nc2)ccc1C#N. The third-order valence-electron chi connectivity index (χ3n) is 8.92. The third-order valence-corrected chi connectivity index (χ3v) is 8.92. The van der Waals surface area contributed by atoms with Gasteiger partial charge in [-0.2, -0.15) is 10.4 Å². The Kier molecular flexibility index (Phi) is 9.71. The first-order chi connectivity index (χ1) is 24.0. The molecular formula is C33H39N13O3. The Balaban J connectivity index is 1.05. The Morgan fingerprint density at radius 2 is 1.84 bits per heavy atom. The largest absolute Gasteiger partial charge is 0.487 e. The molecular weight excluding hydrogens is 626 g/mol. The zero-order valence-electron chi connectivity index (χ0n) is 27.6. The van der Waals surface area contributed by atoms with Crippen LogP contribution in [-0.4, -0.2) is 93.1 Å². The summed E-state index contributed by atoms with van der Waals surface area (Å²) in [7, 11) is 1.88. The number of tetrazole rings is 1. The number of ether oxygens (including phenoxy) is 3. The molecule has 1 saturated heterocycles. The van der Waals surface area contributed by atoms with Crippen molar-refractivity contribution in [2.24, 2.45) is 7.05 Å². The van der Waals surface area contributed by atoms with Crippen molar-refractivity contribution in [1.82, 2.24) is 54.6 Å². The van der Waals surface area contributed by atoms with Gasteiger partial charge in [0.05, 0.1) is 43.3 Å². The Labute approximate surface area is 283 Å². The standard InChI is InChI=1S/C33H39N13O3/c1-23(19-45-22-37-41-42-45)49-31-15-24(3-4-25(31)16-34)26-17-35-33(36-18-26)38-30-20-46(40-32(30)48-21-27-9-10-43(2)39-27)29-7-5-28(6-8-29)44-11-13-47-14-12-44/h3-4,9-10,15,17-18,20,22-23,28-29H,5-8,11-14,19,21H2,1-2H3,(H,35,36,38). The lowest BCUT2D eigenvalue weighted by atomic mass is 9.90. The summed E-state index contributed by atoms with van der Waals surface area (Å²) in [6.45, 7) is 6.28. The van der Waals surface area contributed by atoms with Crippen LogP contribution in [0.2, 0.25) is 0 Å². The minimum atomic E-state index is -0.275. The molecule has 1 unspecified atom stereocenters. The Hall–Kier alpha value is -5.40. The summed E-state index contributed by atoms with van der Waals surface area (Å²) < 4.78 is 23.2. The minimum absolute atomic E-state index is 0.275. The second kappa shape index (κ2) is 14.8. The molecule has 1 aromatic carbocycles. The van der Waals surface area contributed by atoms with Gasteiger partial charge >= 0.3 is 0 Å². The fraction of sp³-hybridized carbons (Fsp3) is 0.455. The highest BCUT2D eigenvalue weighted by Crippen LogP contribution is 2.35. The predicted octanol–water partition coefficient (Wildman–Crippen LogP) is 3.54. The summed E-state index contributed by atoms with van der Waals surface area (Å²) in [5.41, 5.74) is 3.51. The number of aromatic nitrogens is 10. The first-order valence-corrected chi connectivity index (χ1v) is 16.5. The zero-order chi connectivity index (χ0) is 33.6. The molecule has 2 aliphatic rings. The molecule has 1 atom stereocenters. The highest BCUT2D eigenvalue weighted by molar-refractivity contribution is 5.67. The normalized spacial score (nSPS) is 18.9. The Morgan fingerprint density at radius 1 is 1.04 bits per heavy atom. The highest BCUT2D eigenvalue weighted by Gasteiger charge is 2.29. The highest BCUT2D eigenvalue weighted by atomic mass is 16.5.